The van der Waals surface area contributed by atoms with Crippen LogP contribution in [0.25, 0.3) is 0 Å². The fourth-order valence-electron chi connectivity index (χ4n) is 3.71. The van der Waals surface area contributed by atoms with Gasteiger partial charge in [-0.05, 0) is 0 Å². The maximum absolute atomic E-state index is 16.0. The number of halogens is 1. The van der Waals surface area contributed by atoms with Crippen molar-refractivity contribution in [2.75, 3.05) is 13.7 Å². The normalized spacial score (nSPS) is 26.0. The number of carbonyl (C=O) groups is 7. The molecule has 1 N–H and O–H groups in total. The highest BCUT2D eigenvalue weighted by molar-refractivity contribution is 5.83. The molecule has 1 saturated heterocycles. The first-order valence-electron chi connectivity index (χ1n) is 11.1. The zero-order chi connectivity index (χ0) is 29.4. The fourth-order valence-corrected chi connectivity index (χ4v) is 3.71. The quantitative estimate of drug-likeness (QED) is 0.257. The van der Waals surface area contributed by atoms with E-state index >= 15 is 4.39 Å². The molecule has 0 radical (unpaired) electrons. The van der Waals surface area contributed by atoms with Crippen LogP contribution in [0, 0.1) is 0 Å². The maximum Gasteiger partial charge on any atom is 0.383 e. The number of ether oxygens (including phenoxy) is 7. The lowest BCUT2D eigenvalue weighted by Crippen LogP contribution is -2.74. The first-order chi connectivity index (χ1) is 17.5. The van der Waals surface area contributed by atoms with E-state index < -0.39 is 90.7 Å². The summed E-state index contributed by atoms with van der Waals surface area (Å²) in [4.78, 5) is 84.0. The third-order valence-electron chi connectivity index (χ3n) is 4.87. The molecule has 1 heterocycles. The van der Waals surface area contributed by atoms with Crippen molar-refractivity contribution in [3.63, 3.8) is 0 Å². The summed E-state index contributed by atoms with van der Waals surface area (Å²) >= 11 is 0. The molecule has 1 fully saturated rings. The Balaban J connectivity index is 3.93. The Bertz CT molecular complexity index is 954. The van der Waals surface area contributed by atoms with Crippen LogP contribution in [0.4, 0.5) is 4.39 Å². The Morgan fingerprint density at radius 1 is 0.868 bits per heavy atom. The molecule has 1 aliphatic heterocycles. The lowest BCUT2D eigenvalue weighted by atomic mass is 9.86. The first-order valence-corrected chi connectivity index (χ1v) is 11.1. The van der Waals surface area contributed by atoms with E-state index in [0.717, 1.165) is 48.7 Å². The van der Waals surface area contributed by atoms with Crippen LogP contribution in [0.3, 0.4) is 0 Å². The van der Waals surface area contributed by atoms with Crippen molar-refractivity contribution in [2.24, 2.45) is 0 Å². The van der Waals surface area contributed by atoms with Gasteiger partial charge < -0.3 is 38.5 Å². The Morgan fingerprint density at radius 3 is 1.87 bits per heavy atom. The lowest BCUT2D eigenvalue weighted by Gasteiger charge is -2.49. The van der Waals surface area contributed by atoms with Gasteiger partial charge in [0, 0.05) is 41.5 Å². The molecule has 1 rings (SSSR count). The van der Waals surface area contributed by atoms with Crippen molar-refractivity contribution in [2.45, 2.75) is 84.0 Å². The number of hydrogen-bond acceptors (Lipinski definition) is 14. The van der Waals surface area contributed by atoms with E-state index in [0.29, 0.717) is 0 Å². The SMILES string of the molecule is COC(=O)C1(OC(C)=O)OC([C@H](OC(C)=O)[C@@H](COC(C)=O)OC(C)=O)[C@H](NC(C)=O)[C@@H](OC(C)=O)[C@H]1F. The van der Waals surface area contributed by atoms with Gasteiger partial charge in [0.1, 0.15) is 12.7 Å². The summed E-state index contributed by atoms with van der Waals surface area (Å²) in [5.41, 5.74) is 0. The Kier molecular flexibility index (Phi) is 11.6. The molecule has 0 aliphatic carbocycles. The van der Waals surface area contributed by atoms with Gasteiger partial charge in [0.15, 0.2) is 18.3 Å². The molecule has 1 aliphatic rings. The van der Waals surface area contributed by atoms with Gasteiger partial charge in [0.25, 0.3) is 0 Å². The van der Waals surface area contributed by atoms with Gasteiger partial charge in [-0.2, -0.15) is 0 Å². The fraction of sp³-hybridized carbons (Fsp3) is 0.682. The second-order valence-electron chi connectivity index (χ2n) is 8.06. The number of amides is 1. The molecule has 0 saturated carbocycles. The number of rotatable bonds is 10. The van der Waals surface area contributed by atoms with Crippen molar-refractivity contribution < 1.29 is 71.1 Å². The largest absolute Gasteiger partial charge is 0.464 e. The summed E-state index contributed by atoms with van der Waals surface area (Å²) in [6, 6.07) is -1.75. The van der Waals surface area contributed by atoms with Gasteiger partial charge in [-0.15, -0.1) is 0 Å². The molecule has 38 heavy (non-hydrogen) atoms. The van der Waals surface area contributed by atoms with E-state index in [2.05, 4.69) is 10.1 Å². The molecule has 0 bridgehead atoms. The maximum atomic E-state index is 16.0. The molecule has 214 valence electrons. The van der Waals surface area contributed by atoms with Crippen LogP contribution < -0.4 is 5.32 Å². The number of nitrogens with one attached hydrogen (secondary N) is 1. The summed E-state index contributed by atoms with van der Waals surface area (Å²) in [6.07, 6.45) is -10.4. The number of esters is 6. The Labute approximate surface area is 216 Å². The van der Waals surface area contributed by atoms with Crippen LogP contribution in [0.2, 0.25) is 0 Å². The lowest BCUT2D eigenvalue weighted by molar-refractivity contribution is -0.326. The summed E-state index contributed by atoms with van der Waals surface area (Å²) in [5.74, 6) is -10.8. The molecule has 2 unspecified atom stereocenters. The van der Waals surface area contributed by atoms with Gasteiger partial charge in [-0.1, -0.05) is 0 Å². The van der Waals surface area contributed by atoms with E-state index in [1.807, 2.05) is 0 Å². The average molecular weight is 551 g/mol. The second-order valence-corrected chi connectivity index (χ2v) is 8.06. The van der Waals surface area contributed by atoms with Crippen molar-refractivity contribution in [1.29, 1.82) is 0 Å². The van der Waals surface area contributed by atoms with Gasteiger partial charge in [-0.3, -0.25) is 28.8 Å². The number of hydrogen-bond donors (Lipinski definition) is 1. The average Bonchev–Trinajstić information content (AvgIpc) is 2.77. The van der Waals surface area contributed by atoms with Crippen LogP contribution in [-0.4, -0.2) is 97.9 Å². The molecule has 7 atom stereocenters. The summed E-state index contributed by atoms with van der Waals surface area (Å²) < 4.78 is 51.4. The van der Waals surface area contributed by atoms with Crippen molar-refractivity contribution in [3.05, 3.63) is 0 Å². The molecular weight excluding hydrogens is 521 g/mol. The van der Waals surface area contributed by atoms with E-state index in [1.54, 1.807) is 0 Å². The summed E-state index contributed by atoms with van der Waals surface area (Å²) in [5, 5.41) is 2.28. The first kappa shape index (κ1) is 32.2. The van der Waals surface area contributed by atoms with Crippen molar-refractivity contribution in [3.8, 4) is 0 Å². The van der Waals surface area contributed by atoms with Crippen molar-refractivity contribution in [1.82, 2.24) is 5.32 Å². The zero-order valence-corrected chi connectivity index (χ0v) is 21.8. The van der Waals surface area contributed by atoms with Crippen molar-refractivity contribution >= 4 is 41.7 Å². The predicted molar refractivity (Wildman–Crippen MR) is 117 cm³/mol. The monoisotopic (exact) mass is 551 g/mol. The van der Waals surface area contributed by atoms with E-state index in [9.17, 15) is 33.6 Å². The van der Waals surface area contributed by atoms with Crippen LogP contribution in [-0.2, 0) is 66.7 Å². The van der Waals surface area contributed by atoms with E-state index in [1.165, 1.54) is 0 Å². The van der Waals surface area contributed by atoms with Gasteiger partial charge >= 0.3 is 41.6 Å². The third-order valence-corrected chi connectivity index (χ3v) is 4.87. The topological polar surface area (TPSA) is 196 Å². The highest BCUT2D eigenvalue weighted by Gasteiger charge is 2.67. The van der Waals surface area contributed by atoms with Crippen LogP contribution >= 0.6 is 0 Å². The van der Waals surface area contributed by atoms with Crippen LogP contribution in [0.1, 0.15) is 41.5 Å². The summed E-state index contributed by atoms with van der Waals surface area (Å²) in [6.45, 7) is 4.89. The van der Waals surface area contributed by atoms with Gasteiger partial charge in [0.2, 0.25) is 12.1 Å². The molecule has 0 aromatic rings. The van der Waals surface area contributed by atoms with Crippen LogP contribution in [0.5, 0.6) is 0 Å². The van der Waals surface area contributed by atoms with E-state index in [4.69, 9.17) is 28.4 Å². The highest BCUT2D eigenvalue weighted by Crippen LogP contribution is 2.39. The molecule has 0 aromatic carbocycles. The van der Waals surface area contributed by atoms with E-state index in [-0.39, 0.29) is 0 Å². The molecule has 16 heteroatoms. The smallest absolute Gasteiger partial charge is 0.383 e. The zero-order valence-electron chi connectivity index (χ0n) is 21.8. The standard InChI is InChI=1S/C22H30FNO14/c1-9(25)24-16-18(17(35-12(4)28)15(34-11(3)27)8-33-10(2)26)38-22(21(31)32-7,37-14(6)30)20(23)19(16)36-13(5)29/h15-20H,8H2,1-7H3,(H,24,25)/t15-,16+,17-,18?,19-,20-,22?/m1/s1. The Morgan fingerprint density at radius 2 is 1.45 bits per heavy atom. The molecule has 0 aromatic heterocycles. The minimum absolute atomic E-state index is 0.740. The second kappa shape index (κ2) is 13.6. The molecule has 15 nitrogen and oxygen atoms in total. The molecule has 1 amide bonds. The predicted octanol–water partition coefficient (Wildman–Crippen LogP) is -0.981. The minimum atomic E-state index is -3.25. The molecule has 0 spiro atoms. The van der Waals surface area contributed by atoms with Crippen LogP contribution in [0.15, 0.2) is 0 Å². The number of methoxy groups -OCH3 is 1. The van der Waals surface area contributed by atoms with Gasteiger partial charge in [0.05, 0.1) is 13.2 Å². The summed E-state index contributed by atoms with van der Waals surface area (Å²) in [7, 11) is 0.811. The number of alkyl halides is 1. The minimum Gasteiger partial charge on any atom is -0.464 e. The Hall–Kier alpha value is -3.82. The molecular formula is C22H30FNO14. The highest BCUT2D eigenvalue weighted by atomic mass is 19.1. The van der Waals surface area contributed by atoms with Gasteiger partial charge in [-0.25, -0.2) is 9.18 Å². The number of carbonyl (C=O) groups excluding carboxylic acids is 7. The third kappa shape index (κ3) is 8.36.